The molecule has 2 rings (SSSR count). The van der Waals surface area contributed by atoms with Crippen molar-refractivity contribution >= 4 is 16.5 Å². The zero-order valence-corrected chi connectivity index (χ0v) is 10.3. The normalized spacial score (nSPS) is 24.2. The molecule has 15 heavy (non-hydrogen) atoms. The second-order valence-electron chi connectivity index (χ2n) is 4.53. The SMILES string of the molecule is CC1CCCN(c2ncc(C(C)N)s2)C1. The molecule has 2 unspecified atom stereocenters. The van der Waals surface area contributed by atoms with E-state index in [4.69, 9.17) is 5.73 Å². The number of thiazole rings is 1. The molecular formula is C11H19N3S. The molecule has 0 aromatic carbocycles. The Kier molecular flexibility index (Phi) is 3.26. The molecule has 3 nitrogen and oxygen atoms in total. The molecule has 0 saturated carbocycles. The average molecular weight is 225 g/mol. The Morgan fingerprint density at radius 1 is 1.67 bits per heavy atom. The molecular weight excluding hydrogens is 206 g/mol. The van der Waals surface area contributed by atoms with Crippen molar-refractivity contribution in [2.75, 3.05) is 18.0 Å². The number of aromatic nitrogens is 1. The predicted octanol–water partition coefficient (Wildman–Crippen LogP) is 2.40. The third kappa shape index (κ3) is 2.49. The van der Waals surface area contributed by atoms with E-state index in [1.807, 2.05) is 13.1 Å². The maximum atomic E-state index is 5.84. The van der Waals surface area contributed by atoms with Gasteiger partial charge in [0.15, 0.2) is 5.13 Å². The van der Waals surface area contributed by atoms with Crippen molar-refractivity contribution in [3.8, 4) is 0 Å². The molecule has 1 aromatic rings. The Hall–Kier alpha value is -0.610. The summed E-state index contributed by atoms with van der Waals surface area (Å²) in [6.45, 7) is 6.62. The topological polar surface area (TPSA) is 42.2 Å². The fourth-order valence-corrected chi connectivity index (χ4v) is 2.90. The minimum absolute atomic E-state index is 0.110. The standard InChI is InChI=1S/C11H19N3S/c1-8-4-3-5-14(7-8)11-13-6-10(15-11)9(2)12/h6,8-9H,3-5,7,12H2,1-2H3. The van der Waals surface area contributed by atoms with Gasteiger partial charge < -0.3 is 10.6 Å². The smallest absolute Gasteiger partial charge is 0.185 e. The molecule has 2 heterocycles. The van der Waals surface area contributed by atoms with Gasteiger partial charge >= 0.3 is 0 Å². The Bertz CT molecular complexity index is 321. The summed E-state index contributed by atoms with van der Waals surface area (Å²) in [4.78, 5) is 8.04. The molecule has 0 spiro atoms. The summed E-state index contributed by atoms with van der Waals surface area (Å²) >= 11 is 1.74. The lowest BCUT2D eigenvalue weighted by molar-refractivity contribution is 0.446. The van der Waals surface area contributed by atoms with Gasteiger partial charge in [-0.15, -0.1) is 11.3 Å². The van der Waals surface area contributed by atoms with Crippen LogP contribution < -0.4 is 10.6 Å². The van der Waals surface area contributed by atoms with E-state index in [2.05, 4.69) is 16.8 Å². The largest absolute Gasteiger partial charge is 0.348 e. The van der Waals surface area contributed by atoms with Crippen LogP contribution in [0.25, 0.3) is 0 Å². The summed E-state index contributed by atoms with van der Waals surface area (Å²) in [6, 6.07) is 0.110. The lowest BCUT2D eigenvalue weighted by Crippen LogP contribution is -2.34. The molecule has 0 radical (unpaired) electrons. The van der Waals surface area contributed by atoms with E-state index in [1.54, 1.807) is 11.3 Å². The van der Waals surface area contributed by atoms with Gasteiger partial charge in [-0.25, -0.2) is 4.98 Å². The van der Waals surface area contributed by atoms with Crippen molar-refractivity contribution in [3.05, 3.63) is 11.1 Å². The van der Waals surface area contributed by atoms with Crippen molar-refractivity contribution in [2.45, 2.75) is 32.7 Å². The summed E-state index contributed by atoms with van der Waals surface area (Å²) in [5.41, 5.74) is 5.84. The minimum atomic E-state index is 0.110. The number of rotatable bonds is 2. The molecule has 0 aliphatic carbocycles. The Morgan fingerprint density at radius 3 is 3.07 bits per heavy atom. The van der Waals surface area contributed by atoms with Crippen LogP contribution in [0, 0.1) is 5.92 Å². The minimum Gasteiger partial charge on any atom is -0.348 e. The van der Waals surface area contributed by atoms with E-state index in [9.17, 15) is 0 Å². The first-order chi connectivity index (χ1) is 7.16. The maximum Gasteiger partial charge on any atom is 0.185 e. The van der Waals surface area contributed by atoms with E-state index < -0.39 is 0 Å². The van der Waals surface area contributed by atoms with Gasteiger partial charge in [0.05, 0.1) is 0 Å². The zero-order valence-electron chi connectivity index (χ0n) is 9.44. The van der Waals surface area contributed by atoms with Gasteiger partial charge in [-0.1, -0.05) is 6.92 Å². The first-order valence-electron chi connectivity index (χ1n) is 5.63. The van der Waals surface area contributed by atoms with Crippen molar-refractivity contribution in [2.24, 2.45) is 11.7 Å². The van der Waals surface area contributed by atoms with Crippen LogP contribution in [-0.4, -0.2) is 18.1 Å². The Labute approximate surface area is 95.3 Å². The predicted molar refractivity (Wildman–Crippen MR) is 65.3 cm³/mol. The van der Waals surface area contributed by atoms with E-state index in [1.165, 1.54) is 17.7 Å². The van der Waals surface area contributed by atoms with Crippen LogP contribution in [0.15, 0.2) is 6.20 Å². The van der Waals surface area contributed by atoms with E-state index in [0.29, 0.717) is 0 Å². The fourth-order valence-electron chi connectivity index (χ4n) is 2.00. The summed E-state index contributed by atoms with van der Waals surface area (Å²) in [5, 5.41) is 1.15. The number of hydrogen-bond donors (Lipinski definition) is 1. The fraction of sp³-hybridized carbons (Fsp3) is 0.727. The van der Waals surface area contributed by atoms with Gasteiger partial charge in [0.2, 0.25) is 0 Å². The quantitative estimate of drug-likeness (QED) is 0.840. The number of piperidine rings is 1. The van der Waals surface area contributed by atoms with Gasteiger partial charge in [-0.3, -0.25) is 0 Å². The molecule has 1 aliphatic rings. The first-order valence-corrected chi connectivity index (χ1v) is 6.44. The Balaban J connectivity index is 2.08. The number of anilines is 1. The third-order valence-electron chi connectivity index (χ3n) is 2.89. The van der Waals surface area contributed by atoms with Crippen molar-refractivity contribution < 1.29 is 0 Å². The van der Waals surface area contributed by atoms with Crippen LogP contribution in [-0.2, 0) is 0 Å². The highest BCUT2D eigenvalue weighted by molar-refractivity contribution is 7.15. The van der Waals surface area contributed by atoms with Gasteiger partial charge in [-0.05, 0) is 25.7 Å². The molecule has 1 aliphatic heterocycles. The van der Waals surface area contributed by atoms with Crippen LogP contribution in [0.2, 0.25) is 0 Å². The van der Waals surface area contributed by atoms with Crippen LogP contribution in [0.5, 0.6) is 0 Å². The van der Waals surface area contributed by atoms with Crippen LogP contribution in [0.4, 0.5) is 5.13 Å². The molecule has 1 fully saturated rings. The molecule has 1 aromatic heterocycles. The van der Waals surface area contributed by atoms with Crippen molar-refractivity contribution in [1.82, 2.24) is 4.98 Å². The highest BCUT2D eigenvalue weighted by Crippen LogP contribution is 2.29. The number of hydrogen-bond acceptors (Lipinski definition) is 4. The highest BCUT2D eigenvalue weighted by atomic mass is 32.1. The second kappa shape index (κ2) is 4.49. The summed E-state index contributed by atoms with van der Waals surface area (Å²) in [6.07, 6.45) is 4.56. The zero-order chi connectivity index (χ0) is 10.8. The van der Waals surface area contributed by atoms with Crippen LogP contribution >= 0.6 is 11.3 Å². The summed E-state index contributed by atoms with van der Waals surface area (Å²) < 4.78 is 0. The number of nitrogens with zero attached hydrogens (tertiary/aromatic N) is 2. The highest BCUT2D eigenvalue weighted by Gasteiger charge is 2.19. The van der Waals surface area contributed by atoms with E-state index in [0.717, 1.165) is 24.1 Å². The Morgan fingerprint density at radius 2 is 2.47 bits per heavy atom. The van der Waals surface area contributed by atoms with Gasteiger partial charge in [0.1, 0.15) is 0 Å². The molecule has 84 valence electrons. The van der Waals surface area contributed by atoms with Crippen LogP contribution in [0.1, 0.15) is 37.6 Å². The third-order valence-corrected chi connectivity index (χ3v) is 4.15. The van der Waals surface area contributed by atoms with Gasteiger partial charge in [0.25, 0.3) is 0 Å². The monoisotopic (exact) mass is 225 g/mol. The van der Waals surface area contributed by atoms with Crippen molar-refractivity contribution in [1.29, 1.82) is 0 Å². The van der Waals surface area contributed by atoms with E-state index in [-0.39, 0.29) is 6.04 Å². The lowest BCUT2D eigenvalue weighted by Gasteiger charge is -2.30. The molecule has 0 amide bonds. The van der Waals surface area contributed by atoms with Crippen molar-refractivity contribution in [3.63, 3.8) is 0 Å². The lowest BCUT2D eigenvalue weighted by atomic mass is 10.0. The molecule has 1 saturated heterocycles. The first kappa shape index (κ1) is 10.9. The molecule has 0 bridgehead atoms. The average Bonchev–Trinajstić information content (AvgIpc) is 2.66. The second-order valence-corrected chi connectivity index (χ2v) is 5.57. The van der Waals surface area contributed by atoms with Crippen LogP contribution in [0.3, 0.4) is 0 Å². The summed E-state index contributed by atoms with van der Waals surface area (Å²) in [7, 11) is 0. The van der Waals surface area contributed by atoms with Gasteiger partial charge in [-0.2, -0.15) is 0 Å². The molecule has 2 atom stereocenters. The molecule has 4 heteroatoms. The van der Waals surface area contributed by atoms with E-state index >= 15 is 0 Å². The van der Waals surface area contributed by atoms with Gasteiger partial charge in [0, 0.05) is 30.2 Å². The summed E-state index contributed by atoms with van der Waals surface area (Å²) in [5.74, 6) is 0.793. The number of nitrogens with two attached hydrogens (primary N) is 1. The maximum absolute atomic E-state index is 5.84. The molecule has 2 N–H and O–H groups in total.